The first-order chi connectivity index (χ1) is 9.25. The van der Waals surface area contributed by atoms with Gasteiger partial charge in [-0.3, -0.25) is 4.98 Å². The molecule has 3 rings (SSSR count). The summed E-state index contributed by atoms with van der Waals surface area (Å²) in [6, 6.07) is 0. The van der Waals surface area contributed by atoms with Crippen LogP contribution in [0.25, 0.3) is 0 Å². The first-order valence-electron chi connectivity index (χ1n) is 6.29. The number of nitrogens with zero attached hydrogens (tertiary/aromatic N) is 3. The summed E-state index contributed by atoms with van der Waals surface area (Å²) in [7, 11) is 0. The van der Waals surface area contributed by atoms with E-state index >= 15 is 0 Å². The third-order valence-corrected chi connectivity index (χ3v) is 4.45. The van der Waals surface area contributed by atoms with Gasteiger partial charge in [-0.2, -0.15) is 0 Å². The molecule has 0 atom stereocenters. The molecule has 0 unspecified atom stereocenters. The van der Waals surface area contributed by atoms with Crippen molar-refractivity contribution in [1.29, 1.82) is 0 Å². The first kappa shape index (κ1) is 12.3. The molecule has 4 nitrogen and oxygen atoms in total. The van der Waals surface area contributed by atoms with Gasteiger partial charge in [-0.25, -0.2) is 9.37 Å². The van der Waals surface area contributed by atoms with Gasteiger partial charge in [-0.05, 0) is 12.8 Å². The van der Waals surface area contributed by atoms with Gasteiger partial charge in [0.25, 0.3) is 0 Å². The fourth-order valence-corrected chi connectivity index (χ4v) is 3.37. The molecule has 1 saturated heterocycles. The van der Waals surface area contributed by atoms with Gasteiger partial charge in [-0.1, -0.05) is 0 Å². The van der Waals surface area contributed by atoms with E-state index in [0.29, 0.717) is 17.3 Å². The SMILES string of the molecule is Nc1cncc(F)c1N1CCC(c2nccs2)CC1. The van der Waals surface area contributed by atoms with E-state index < -0.39 is 0 Å². The summed E-state index contributed by atoms with van der Waals surface area (Å²) in [5.41, 5.74) is 6.73. The molecule has 0 aromatic carbocycles. The number of nitrogens with two attached hydrogens (primary N) is 1. The molecule has 2 aromatic rings. The number of hydrogen-bond donors (Lipinski definition) is 1. The number of halogens is 1. The Morgan fingerprint density at radius 3 is 2.74 bits per heavy atom. The lowest BCUT2D eigenvalue weighted by atomic mass is 9.97. The van der Waals surface area contributed by atoms with Crippen molar-refractivity contribution >= 4 is 22.7 Å². The Morgan fingerprint density at radius 1 is 1.32 bits per heavy atom. The van der Waals surface area contributed by atoms with Crippen LogP contribution in [0, 0.1) is 5.82 Å². The third-order valence-electron chi connectivity index (χ3n) is 3.51. The molecule has 6 heteroatoms. The second-order valence-electron chi connectivity index (χ2n) is 4.69. The molecule has 2 aromatic heterocycles. The van der Waals surface area contributed by atoms with E-state index in [9.17, 15) is 4.39 Å². The van der Waals surface area contributed by atoms with Crippen molar-refractivity contribution in [2.24, 2.45) is 0 Å². The third kappa shape index (κ3) is 2.40. The zero-order valence-electron chi connectivity index (χ0n) is 10.4. The van der Waals surface area contributed by atoms with E-state index in [4.69, 9.17) is 5.73 Å². The quantitative estimate of drug-likeness (QED) is 0.917. The van der Waals surface area contributed by atoms with Crippen LogP contribution in [0.1, 0.15) is 23.8 Å². The molecule has 0 bridgehead atoms. The summed E-state index contributed by atoms with van der Waals surface area (Å²) in [6.07, 6.45) is 6.53. The number of thiazole rings is 1. The molecule has 1 aliphatic heterocycles. The standard InChI is InChI=1S/C13H15FN4S/c14-10-7-16-8-11(15)12(10)18-4-1-9(2-5-18)13-17-3-6-19-13/h3,6-9H,1-2,4-5,15H2. The average Bonchev–Trinajstić information content (AvgIpc) is 2.93. The maximum absolute atomic E-state index is 13.8. The predicted molar refractivity (Wildman–Crippen MR) is 74.9 cm³/mol. The molecule has 0 spiro atoms. The summed E-state index contributed by atoms with van der Waals surface area (Å²) in [5, 5.41) is 3.19. The zero-order chi connectivity index (χ0) is 13.2. The molecular weight excluding hydrogens is 263 g/mol. The van der Waals surface area contributed by atoms with Gasteiger partial charge in [0, 0.05) is 30.6 Å². The number of hydrogen-bond acceptors (Lipinski definition) is 5. The molecule has 1 aliphatic rings. The number of pyridine rings is 1. The highest BCUT2D eigenvalue weighted by atomic mass is 32.1. The van der Waals surface area contributed by atoms with Crippen molar-refractivity contribution in [1.82, 2.24) is 9.97 Å². The molecule has 2 N–H and O–H groups in total. The molecule has 0 radical (unpaired) electrons. The summed E-state index contributed by atoms with van der Waals surface area (Å²) >= 11 is 1.69. The lowest BCUT2D eigenvalue weighted by Gasteiger charge is -2.33. The van der Waals surface area contributed by atoms with E-state index in [2.05, 4.69) is 9.97 Å². The van der Waals surface area contributed by atoms with Gasteiger partial charge in [0.15, 0.2) is 5.82 Å². The van der Waals surface area contributed by atoms with Crippen LogP contribution in [0.5, 0.6) is 0 Å². The summed E-state index contributed by atoms with van der Waals surface area (Å²) in [5.74, 6) is 0.148. The molecule has 0 aliphatic carbocycles. The largest absolute Gasteiger partial charge is 0.396 e. The number of aromatic nitrogens is 2. The van der Waals surface area contributed by atoms with Crippen molar-refractivity contribution in [2.45, 2.75) is 18.8 Å². The zero-order valence-corrected chi connectivity index (χ0v) is 11.2. The van der Waals surface area contributed by atoms with Gasteiger partial charge >= 0.3 is 0 Å². The Hall–Kier alpha value is -1.69. The van der Waals surface area contributed by atoms with Crippen LogP contribution in [0.2, 0.25) is 0 Å². The Bertz CT molecular complexity index is 530. The topological polar surface area (TPSA) is 55.0 Å². The van der Waals surface area contributed by atoms with E-state index in [-0.39, 0.29) is 5.82 Å². The maximum atomic E-state index is 13.8. The lowest BCUT2D eigenvalue weighted by molar-refractivity contribution is 0.496. The van der Waals surface area contributed by atoms with Crippen LogP contribution >= 0.6 is 11.3 Å². The Balaban J connectivity index is 1.74. The average molecular weight is 278 g/mol. The fraction of sp³-hybridized carbons (Fsp3) is 0.385. The minimum atomic E-state index is -0.340. The minimum absolute atomic E-state index is 0.340. The van der Waals surface area contributed by atoms with E-state index in [0.717, 1.165) is 25.9 Å². The molecule has 1 fully saturated rings. The minimum Gasteiger partial charge on any atom is -0.396 e. The van der Waals surface area contributed by atoms with Gasteiger partial charge in [0.05, 0.1) is 28.8 Å². The molecule has 19 heavy (non-hydrogen) atoms. The molecule has 3 heterocycles. The van der Waals surface area contributed by atoms with E-state index in [1.165, 1.54) is 17.4 Å². The van der Waals surface area contributed by atoms with Gasteiger partial charge < -0.3 is 10.6 Å². The predicted octanol–water partition coefficient (Wildman–Crippen LogP) is 2.64. The van der Waals surface area contributed by atoms with Crippen LogP contribution in [0.4, 0.5) is 15.8 Å². The lowest BCUT2D eigenvalue weighted by Crippen LogP contribution is -2.34. The van der Waals surface area contributed by atoms with Gasteiger partial charge in [0.2, 0.25) is 0 Å². The van der Waals surface area contributed by atoms with Crippen LogP contribution in [0.15, 0.2) is 24.0 Å². The maximum Gasteiger partial charge on any atom is 0.166 e. The molecule has 100 valence electrons. The van der Waals surface area contributed by atoms with Crippen molar-refractivity contribution in [3.8, 4) is 0 Å². The van der Waals surface area contributed by atoms with Crippen LogP contribution < -0.4 is 10.6 Å². The fourth-order valence-electron chi connectivity index (χ4n) is 2.56. The smallest absolute Gasteiger partial charge is 0.166 e. The Kier molecular flexibility index (Phi) is 3.33. The van der Waals surface area contributed by atoms with E-state index in [1.807, 2.05) is 16.5 Å². The highest BCUT2D eigenvalue weighted by Crippen LogP contribution is 2.34. The highest BCUT2D eigenvalue weighted by Gasteiger charge is 2.25. The van der Waals surface area contributed by atoms with Crippen molar-refractivity contribution < 1.29 is 4.39 Å². The van der Waals surface area contributed by atoms with E-state index in [1.54, 1.807) is 11.3 Å². The summed E-state index contributed by atoms with van der Waals surface area (Å²) in [4.78, 5) is 10.1. The van der Waals surface area contributed by atoms with Crippen LogP contribution in [-0.4, -0.2) is 23.1 Å². The molecule has 0 saturated carbocycles. The normalized spacial score (nSPS) is 16.8. The van der Waals surface area contributed by atoms with Gasteiger partial charge in [0.1, 0.15) is 0 Å². The van der Waals surface area contributed by atoms with Gasteiger partial charge in [-0.15, -0.1) is 11.3 Å². The number of nitrogen functional groups attached to an aromatic ring is 1. The monoisotopic (exact) mass is 278 g/mol. The van der Waals surface area contributed by atoms with Crippen molar-refractivity contribution in [3.63, 3.8) is 0 Å². The number of anilines is 2. The second-order valence-corrected chi connectivity index (χ2v) is 5.62. The van der Waals surface area contributed by atoms with Crippen molar-refractivity contribution in [3.05, 3.63) is 34.8 Å². The second kappa shape index (κ2) is 5.13. The Morgan fingerprint density at radius 2 is 2.11 bits per heavy atom. The molecule has 0 amide bonds. The Labute approximate surface area is 115 Å². The number of piperidine rings is 1. The summed E-state index contributed by atoms with van der Waals surface area (Å²) in [6.45, 7) is 1.60. The number of rotatable bonds is 2. The summed E-state index contributed by atoms with van der Waals surface area (Å²) < 4.78 is 13.8. The molecular formula is C13H15FN4S. The van der Waals surface area contributed by atoms with Crippen molar-refractivity contribution in [2.75, 3.05) is 23.7 Å². The van der Waals surface area contributed by atoms with Crippen LogP contribution in [-0.2, 0) is 0 Å². The highest BCUT2D eigenvalue weighted by molar-refractivity contribution is 7.09. The van der Waals surface area contributed by atoms with Crippen LogP contribution in [0.3, 0.4) is 0 Å². The first-order valence-corrected chi connectivity index (χ1v) is 7.17.